The van der Waals surface area contributed by atoms with Crippen LogP contribution in [0.15, 0.2) is 83.2 Å². The van der Waals surface area contributed by atoms with Gasteiger partial charge in [0.1, 0.15) is 5.75 Å². The van der Waals surface area contributed by atoms with Crippen LogP contribution in [0.3, 0.4) is 0 Å². The van der Waals surface area contributed by atoms with E-state index in [2.05, 4.69) is 4.98 Å². The van der Waals surface area contributed by atoms with Crippen LogP contribution in [-0.4, -0.2) is 36.8 Å². The molecule has 0 unspecified atom stereocenters. The summed E-state index contributed by atoms with van der Waals surface area (Å²) in [7, 11) is -3.56. The number of carboxylic acid groups (broad SMARTS) is 1. The molecule has 0 spiro atoms. The number of fused-ring (bicyclic) bond motifs is 3. The third-order valence-corrected chi connectivity index (χ3v) is 9.33. The zero-order valence-electron chi connectivity index (χ0n) is 18.8. The van der Waals surface area contributed by atoms with Gasteiger partial charge in [-0.05, 0) is 41.3 Å². The molecule has 5 rings (SSSR count). The van der Waals surface area contributed by atoms with Crippen LogP contribution in [0.1, 0.15) is 33.9 Å². The summed E-state index contributed by atoms with van der Waals surface area (Å²) in [4.78, 5) is 16.2. The second kappa shape index (κ2) is 9.64. The Balaban J connectivity index is 1.35. The van der Waals surface area contributed by atoms with E-state index in [-0.39, 0.29) is 16.0 Å². The number of aromatic nitrogens is 1. The summed E-state index contributed by atoms with van der Waals surface area (Å²) in [6.07, 6.45) is 1.01. The van der Waals surface area contributed by atoms with Gasteiger partial charge in [-0.3, -0.25) is 0 Å². The van der Waals surface area contributed by atoms with Crippen molar-refractivity contribution in [1.82, 2.24) is 4.98 Å². The normalized spacial score (nSPS) is 12.4. The van der Waals surface area contributed by atoms with Crippen LogP contribution in [0.25, 0.3) is 11.3 Å². The third kappa shape index (κ3) is 4.99. The average molecular weight is 506 g/mol. The Bertz CT molecular complexity index is 1420. The van der Waals surface area contributed by atoms with Crippen molar-refractivity contribution < 1.29 is 23.1 Å². The minimum atomic E-state index is -3.56. The first-order valence-electron chi connectivity index (χ1n) is 11.2. The minimum absolute atomic E-state index is 0.00265. The number of hydrogen-bond donors (Lipinski definition) is 1. The summed E-state index contributed by atoms with van der Waals surface area (Å²) in [5.74, 6) is -0.586. The van der Waals surface area contributed by atoms with Crippen molar-refractivity contribution >= 4 is 27.1 Å². The van der Waals surface area contributed by atoms with Gasteiger partial charge in [0, 0.05) is 22.8 Å². The average Bonchev–Trinajstić information content (AvgIpc) is 3.43. The number of thiazole rings is 1. The van der Waals surface area contributed by atoms with Gasteiger partial charge in [0.2, 0.25) is 14.2 Å². The van der Waals surface area contributed by atoms with Crippen molar-refractivity contribution in [1.29, 1.82) is 0 Å². The maximum Gasteiger partial charge on any atom is 0.341 e. The number of rotatable bonds is 9. The van der Waals surface area contributed by atoms with E-state index in [4.69, 9.17) is 9.84 Å². The molecule has 0 saturated carbocycles. The second-order valence-electron chi connectivity index (χ2n) is 8.41. The Morgan fingerprint density at radius 2 is 1.66 bits per heavy atom. The zero-order valence-corrected chi connectivity index (χ0v) is 20.4. The number of aliphatic carboxylic acids is 1. The van der Waals surface area contributed by atoms with Gasteiger partial charge in [0.05, 0.1) is 11.4 Å². The molecule has 8 heteroatoms. The highest BCUT2D eigenvalue weighted by molar-refractivity contribution is 7.93. The Morgan fingerprint density at radius 1 is 1.00 bits per heavy atom. The fourth-order valence-electron chi connectivity index (χ4n) is 4.41. The molecule has 1 aliphatic carbocycles. The predicted octanol–water partition coefficient (Wildman–Crippen LogP) is 5.17. The van der Waals surface area contributed by atoms with Crippen molar-refractivity contribution in [3.05, 3.63) is 100 Å². The number of sulfone groups is 1. The lowest BCUT2D eigenvalue weighted by Gasteiger charge is -2.18. The molecule has 1 heterocycles. The Hall–Kier alpha value is -3.49. The molecule has 0 aliphatic heterocycles. The fourth-order valence-corrected chi connectivity index (χ4v) is 7.24. The van der Waals surface area contributed by atoms with Gasteiger partial charge in [-0.15, -0.1) is 11.3 Å². The molecule has 1 aromatic heterocycles. The van der Waals surface area contributed by atoms with Gasteiger partial charge in [-0.2, -0.15) is 0 Å². The lowest BCUT2D eigenvalue weighted by Crippen LogP contribution is -2.12. The molecule has 0 atom stereocenters. The molecule has 3 aromatic carbocycles. The first-order chi connectivity index (χ1) is 16.9. The summed E-state index contributed by atoms with van der Waals surface area (Å²) >= 11 is 1.22. The Labute approximate surface area is 207 Å². The lowest BCUT2D eigenvalue weighted by molar-refractivity contribution is -0.139. The van der Waals surface area contributed by atoms with Gasteiger partial charge in [0.25, 0.3) is 0 Å². The fraction of sp³-hybridized carbons (Fsp3) is 0.185. The van der Waals surface area contributed by atoms with E-state index >= 15 is 0 Å². The van der Waals surface area contributed by atoms with Gasteiger partial charge in [-0.25, -0.2) is 18.2 Å². The van der Waals surface area contributed by atoms with Crippen molar-refractivity contribution in [2.75, 3.05) is 12.4 Å². The largest absolute Gasteiger partial charge is 0.482 e. The molecule has 0 bridgehead atoms. The standard InChI is InChI=1S/C27H23NO5S2/c29-25(30)17-33-21-11-12-23-20(15-21)16-24-26(23)28-27(34-24)35(31,32)14-13-22(18-7-3-1-4-8-18)19-9-5-2-6-10-19/h1-12,15,22H,13-14,16-17H2,(H,29,30). The highest BCUT2D eigenvalue weighted by Crippen LogP contribution is 2.42. The van der Waals surface area contributed by atoms with Crippen LogP contribution in [-0.2, 0) is 21.1 Å². The Kier molecular flexibility index (Phi) is 6.40. The van der Waals surface area contributed by atoms with E-state index < -0.39 is 22.4 Å². The van der Waals surface area contributed by atoms with Crippen molar-refractivity contribution in [3.63, 3.8) is 0 Å². The number of hydrogen-bond acceptors (Lipinski definition) is 6. The molecule has 0 radical (unpaired) electrons. The maximum absolute atomic E-state index is 13.3. The highest BCUT2D eigenvalue weighted by Gasteiger charge is 2.29. The van der Waals surface area contributed by atoms with E-state index in [0.29, 0.717) is 24.3 Å². The van der Waals surface area contributed by atoms with Crippen molar-refractivity contribution in [2.24, 2.45) is 0 Å². The third-order valence-electron chi connectivity index (χ3n) is 6.07. The van der Waals surface area contributed by atoms with Gasteiger partial charge >= 0.3 is 5.97 Å². The van der Waals surface area contributed by atoms with Gasteiger partial charge in [0.15, 0.2) is 6.61 Å². The SMILES string of the molecule is O=C(O)COc1ccc2c(c1)Cc1sc(S(=O)(=O)CCC(c3ccccc3)c3ccccc3)nc1-2. The summed E-state index contributed by atoms with van der Waals surface area (Å²) < 4.78 is 32.0. The van der Waals surface area contributed by atoms with Crippen LogP contribution >= 0.6 is 11.3 Å². The minimum Gasteiger partial charge on any atom is -0.482 e. The predicted molar refractivity (Wildman–Crippen MR) is 135 cm³/mol. The molecule has 0 fully saturated rings. The number of nitrogens with zero attached hydrogens (tertiary/aromatic N) is 1. The summed E-state index contributed by atoms with van der Waals surface area (Å²) in [6.45, 7) is -0.409. The molecule has 4 aromatic rings. The molecular weight excluding hydrogens is 482 g/mol. The van der Waals surface area contributed by atoms with Crippen LogP contribution in [0.5, 0.6) is 5.75 Å². The Morgan fingerprint density at radius 3 is 2.29 bits per heavy atom. The number of ether oxygens (including phenoxy) is 1. The maximum atomic E-state index is 13.3. The van der Waals surface area contributed by atoms with E-state index in [9.17, 15) is 13.2 Å². The van der Waals surface area contributed by atoms with Crippen LogP contribution in [0, 0.1) is 0 Å². The monoisotopic (exact) mass is 505 g/mol. The summed E-state index contributed by atoms with van der Waals surface area (Å²) in [6, 6.07) is 25.2. The summed E-state index contributed by atoms with van der Waals surface area (Å²) in [5.41, 5.74) is 4.69. The molecule has 0 amide bonds. The molecule has 1 aliphatic rings. The lowest BCUT2D eigenvalue weighted by atomic mass is 9.89. The second-order valence-corrected chi connectivity index (χ2v) is 11.8. The highest BCUT2D eigenvalue weighted by atomic mass is 32.2. The molecule has 6 nitrogen and oxygen atoms in total. The topological polar surface area (TPSA) is 93.6 Å². The van der Waals surface area contributed by atoms with Crippen molar-refractivity contribution in [2.45, 2.75) is 23.1 Å². The van der Waals surface area contributed by atoms with E-state index in [1.54, 1.807) is 12.1 Å². The van der Waals surface area contributed by atoms with E-state index in [0.717, 1.165) is 27.1 Å². The van der Waals surface area contributed by atoms with Crippen LogP contribution < -0.4 is 4.74 Å². The first-order valence-corrected chi connectivity index (χ1v) is 13.7. The smallest absolute Gasteiger partial charge is 0.341 e. The zero-order chi connectivity index (χ0) is 24.4. The molecular formula is C27H23NO5S2. The molecule has 1 N–H and O–H groups in total. The number of carbonyl (C=O) groups is 1. The number of carboxylic acids is 1. The van der Waals surface area contributed by atoms with E-state index in [1.807, 2.05) is 66.7 Å². The van der Waals surface area contributed by atoms with Gasteiger partial charge < -0.3 is 9.84 Å². The van der Waals surface area contributed by atoms with Crippen molar-refractivity contribution in [3.8, 4) is 17.0 Å². The van der Waals surface area contributed by atoms with Crippen LogP contribution in [0.2, 0.25) is 0 Å². The number of benzene rings is 3. The van der Waals surface area contributed by atoms with Gasteiger partial charge in [-0.1, -0.05) is 60.7 Å². The molecule has 35 heavy (non-hydrogen) atoms. The first kappa shape index (κ1) is 23.3. The summed E-state index contributed by atoms with van der Waals surface area (Å²) in [5, 5.41) is 8.80. The molecule has 178 valence electrons. The quantitative estimate of drug-likeness (QED) is 0.297. The molecule has 0 saturated heterocycles. The van der Waals surface area contributed by atoms with E-state index in [1.165, 1.54) is 11.3 Å². The van der Waals surface area contributed by atoms with Crippen LogP contribution in [0.4, 0.5) is 0 Å².